The van der Waals surface area contributed by atoms with Crippen molar-refractivity contribution in [1.29, 1.82) is 0 Å². The van der Waals surface area contributed by atoms with Crippen molar-refractivity contribution in [3.63, 3.8) is 0 Å². The lowest BCUT2D eigenvalue weighted by atomic mass is 10.0. The van der Waals surface area contributed by atoms with E-state index < -0.39 is 21.9 Å². The van der Waals surface area contributed by atoms with Gasteiger partial charge in [0.15, 0.2) is 0 Å². The molecule has 2 aromatic rings. The monoisotopic (exact) mass is 603 g/mol. The Bertz CT molecular complexity index is 1220. The Morgan fingerprint density at radius 2 is 1.79 bits per heavy atom. The molecule has 0 aliphatic carbocycles. The van der Waals surface area contributed by atoms with E-state index in [0.717, 1.165) is 87.1 Å². The SMILES string of the molecule is CC1(C)OCc2cc(C(O)CNCCCCCCOCCCCc3cccc(S(=O)(=O)N4CCNCC4)c3)ccc2O1. The first-order valence-electron chi connectivity index (χ1n) is 15.5. The van der Waals surface area contributed by atoms with E-state index in [1.54, 1.807) is 10.4 Å². The summed E-state index contributed by atoms with van der Waals surface area (Å²) >= 11 is 0. The normalized spacial score (nSPS) is 17.9. The van der Waals surface area contributed by atoms with Gasteiger partial charge in [-0.15, -0.1) is 0 Å². The number of sulfonamides is 1. The van der Waals surface area contributed by atoms with Crippen LogP contribution in [0.25, 0.3) is 0 Å². The average Bonchev–Trinajstić information content (AvgIpc) is 2.99. The van der Waals surface area contributed by atoms with Gasteiger partial charge in [-0.1, -0.05) is 31.0 Å². The molecule has 234 valence electrons. The van der Waals surface area contributed by atoms with Crippen LogP contribution >= 0.6 is 0 Å². The number of fused-ring (bicyclic) bond motifs is 1. The number of aliphatic hydroxyl groups is 1. The summed E-state index contributed by atoms with van der Waals surface area (Å²) in [6.45, 7) is 9.62. The number of nitrogens with zero attached hydrogens (tertiary/aromatic N) is 1. The molecule has 42 heavy (non-hydrogen) atoms. The Labute approximate surface area is 252 Å². The van der Waals surface area contributed by atoms with Crippen molar-refractivity contribution in [3.8, 4) is 5.75 Å². The van der Waals surface area contributed by atoms with Gasteiger partial charge in [0, 0.05) is 65.3 Å². The van der Waals surface area contributed by atoms with E-state index in [1.807, 2.05) is 50.2 Å². The highest BCUT2D eigenvalue weighted by atomic mass is 32.2. The van der Waals surface area contributed by atoms with Crippen molar-refractivity contribution in [2.24, 2.45) is 0 Å². The van der Waals surface area contributed by atoms with Gasteiger partial charge in [0.1, 0.15) is 5.75 Å². The molecule has 1 unspecified atom stereocenters. The lowest BCUT2D eigenvalue weighted by molar-refractivity contribution is -0.180. The van der Waals surface area contributed by atoms with E-state index in [1.165, 1.54) is 0 Å². The van der Waals surface area contributed by atoms with Crippen LogP contribution in [-0.2, 0) is 32.5 Å². The molecule has 2 aliphatic heterocycles. The van der Waals surface area contributed by atoms with E-state index in [2.05, 4.69) is 10.6 Å². The van der Waals surface area contributed by atoms with Gasteiger partial charge in [-0.2, -0.15) is 4.31 Å². The third-order valence-electron chi connectivity index (χ3n) is 7.75. The summed E-state index contributed by atoms with van der Waals surface area (Å²) < 4.78 is 44.7. The summed E-state index contributed by atoms with van der Waals surface area (Å²) in [6.07, 6.45) is 6.59. The van der Waals surface area contributed by atoms with Crippen LogP contribution in [0, 0.1) is 0 Å². The van der Waals surface area contributed by atoms with Gasteiger partial charge < -0.3 is 30.0 Å². The van der Waals surface area contributed by atoms with Crippen molar-refractivity contribution >= 4 is 10.0 Å². The number of benzene rings is 2. The highest BCUT2D eigenvalue weighted by Crippen LogP contribution is 2.32. The summed E-state index contributed by atoms with van der Waals surface area (Å²) in [5.74, 6) is 0.205. The minimum atomic E-state index is -3.42. The topological polar surface area (TPSA) is 109 Å². The Morgan fingerprint density at radius 3 is 2.60 bits per heavy atom. The molecule has 0 aromatic heterocycles. The largest absolute Gasteiger partial charge is 0.463 e. The van der Waals surface area contributed by atoms with Crippen molar-refractivity contribution in [2.45, 2.75) is 82.2 Å². The highest BCUT2D eigenvalue weighted by molar-refractivity contribution is 7.89. The molecule has 1 atom stereocenters. The predicted molar refractivity (Wildman–Crippen MR) is 164 cm³/mol. The van der Waals surface area contributed by atoms with Crippen LogP contribution in [0.3, 0.4) is 0 Å². The minimum Gasteiger partial charge on any atom is -0.463 e. The maximum Gasteiger partial charge on any atom is 0.243 e. The molecule has 2 aromatic carbocycles. The van der Waals surface area contributed by atoms with Crippen molar-refractivity contribution in [1.82, 2.24) is 14.9 Å². The Kier molecular flexibility index (Phi) is 12.6. The molecular formula is C32H49N3O6S. The Balaban J connectivity index is 0.991. The molecule has 2 aliphatic rings. The zero-order chi connectivity index (χ0) is 29.8. The second-order valence-electron chi connectivity index (χ2n) is 11.7. The first-order chi connectivity index (χ1) is 20.2. The smallest absolute Gasteiger partial charge is 0.243 e. The van der Waals surface area contributed by atoms with Crippen LogP contribution in [0.4, 0.5) is 0 Å². The molecule has 10 heteroatoms. The number of hydrogen-bond acceptors (Lipinski definition) is 8. The quantitative estimate of drug-likeness (QED) is 0.232. The molecule has 9 nitrogen and oxygen atoms in total. The molecule has 0 bridgehead atoms. The second kappa shape index (κ2) is 16.1. The maximum absolute atomic E-state index is 12.9. The van der Waals surface area contributed by atoms with Crippen LogP contribution < -0.4 is 15.4 Å². The summed E-state index contributed by atoms with van der Waals surface area (Å²) in [4.78, 5) is 0.397. The molecular weight excluding hydrogens is 554 g/mol. The molecule has 0 saturated carbocycles. The molecule has 3 N–H and O–H groups in total. The number of piperazine rings is 1. The lowest BCUT2D eigenvalue weighted by Gasteiger charge is -2.33. The number of nitrogens with one attached hydrogen (secondary N) is 2. The zero-order valence-electron chi connectivity index (χ0n) is 25.3. The first kappa shape index (κ1) is 32.9. The number of unbranched alkanes of at least 4 members (excludes halogenated alkanes) is 4. The second-order valence-corrected chi connectivity index (χ2v) is 13.6. The van der Waals surface area contributed by atoms with Crippen LogP contribution in [0.15, 0.2) is 47.4 Å². The van der Waals surface area contributed by atoms with Gasteiger partial charge in [0.25, 0.3) is 0 Å². The van der Waals surface area contributed by atoms with Crippen molar-refractivity contribution < 1.29 is 27.7 Å². The van der Waals surface area contributed by atoms with Gasteiger partial charge >= 0.3 is 0 Å². The molecule has 0 radical (unpaired) electrons. The van der Waals surface area contributed by atoms with E-state index in [9.17, 15) is 13.5 Å². The summed E-state index contributed by atoms with van der Waals surface area (Å²) in [7, 11) is -3.42. The number of aryl methyl sites for hydroxylation is 1. The standard InChI is InChI=1S/C32H49N3O6S/c1-32(2)40-25-28-23-27(13-14-31(28)41-32)30(36)24-34-15-6-3-4-7-20-39-21-8-5-10-26-11-9-12-29(22-26)42(37,38)35-18-16-33-17-19-35/h9,11-14,22-23,30,33-34,36H,3-8,10,15-21,24-25H2,1-2H3. The molecule has 1 saturated heterocycles. The first-order valence-corrected chi connectivity index (χ1v) is 16.9. The number of aliphatic hydroxyl groups excluding tert-OH is 1. The molecule has 2 heterocycles. The van der Waals surface area contributed by atoms with E-state index >= 15 is 0 Å². The average molecular weight is 604 g/mol. The number of rotatable bonds is 17. The van der Waals surface area contributed by atoms with Gasteiger partial charge in [-0.05, 0) is 74.0 Å². The van der Waals surface area contributed by atoms with Crippen LogP contribution in [0.1, 0.15) is 75.2 Å². The van der Waals surface area contributed by atoms with Gasteiger partial charge in [0.2, 0.25) is 15.8 Å². The number of ether oxygens (including phenoxy) is 3. The predicted octanol–water partition coefficient (Wildman–Crippen LogP) is 4.15. The lowest BCUT2D eigenvalue weighted by Crippen LogP contribution is -2.46. The van der Waals surface area contributed by atoms with Crippen molar-refractivity contribution in [3.05, 3.63) is 59.2 Å². The van der Waals surface area contributed by atoms with E-state index in [0.29, 0.717) is 44.2 Å². The van der Waals surface area contributed by atoms with Gasteiger partial charge in [-0.3, -0.25) is 0 Å². The minimum absolute atomic E-state index is 0.397. The van der Waals surface area contributed by atoms with Crippen LogP contribution in [0.2, 0.25) is 0 Å². The molecule has 0 spiro atoms. The van der Waals surface area contributed by atoms with Gasteiger partial charge in [0.05, 0.1) is 17.6 Å². The van der Waals surface area contributed by atoms with Crippen molar-refractivity contribution in [2.75, 3.05) is 52.5 Å². The fourth-order valence-corrected chi connectivity index (χ4v) is 6.77. The number of hydrogen-bond donors (Lipinski definition) is 3. The van der Waals surface area contributed by atoms with Crippen LogP contribution in [-0.4, -0.2) is 76.1 Å². The summed E-state index contributed by atoms with van der Waals surface area (Å²) in [6, 6.07) is 13.2. The molecule has 4 rings (SSSR count). The van der Waals surface area contributed by atoms with E-state index in [4.69, 9.17) is 14.2 Å². The maximum atomic E-state index is 12.9. The summed E-state index contributed by atoms with van der Waals surface area (Å²) in [5.41, 5.74) is 2.90. The molecule has 1 fully saturated rings. The highest BCUT2D eigenvalue weighted by Gasteiger charge is 2.28. The summed E-state index contributed by atoms with van der Waals surface area (Å²) in [5, 5.41) is 17.1. The van der Waals surface area contributed by atoms with E-state index in [-0.39, 0.29) is 0 Å². The Hall–Kier alpha value is -2.05. The third kappa shape index (κ3) is 10.0. The van der Waals surface area contributed by atoms with Gasteiger partial charge in [-0.25, -0.2) is 8.42 Å². The zero-order valence-corrected chi connectivity index (χ0v) is 26.1. The fraction of sp³-hybridized carbons (Fsp3) is 0.625. The third-order valence-corrected chi connectivity index (χ3v) is 9.64. The van der Waals surface area contributed by atoms with Crippen LogP contribution in [0.5, 0.6) is 5.75 Å². The fourth-order valence-electron chi connectivity index (χ4n) is 5.26. The molecule has 0 amide bonds. The Morgan fingerprint density at radius 1 is 1.02 bits per heavy atom.